The van der Waals surface area contributed by atoms with E-state index in [9.17, 15) is 5.11 Å². The zero-order valence-electron chi connectivity index (χ0n) is 15.7. The molecule has 2 heterocycles. The number of aliphatic hydroxyl groups is 1. The molecule has 2 aliphatic heterocycles. The number of ether oxygens (including phenoxy) is 1. The minimum atomic E-state index is -0.484. The molecule has 146 valence electrons. The van der Waals surface area contributed by atoms with Crippen molar-refractivity contribution in [2.45, 2.75) is 54.8 Å². The Morgan fingerprint density at radius 2 is 2.19 bits per heavy atom. The van der Waals surface area contributed by atoms with Crippen LogP contribution in [0.25, 0.3) is 0 Å². The van der Waals surface area contributed by atoms with Gasteiger partial charge in [0, 0.05) is 29.0 Å². The van der Waals surface area contributed by atoms with Crippen molar-refractivity contribution in [1.82, 2.24) is 5.32 Å². The molecule has 3 unspecified atom stereocenters. The summed E-state index contributed by atoms with van der Waals surface area (Å²) in [6, 6.07) is 4.46. The first-order chi connectivity index (χ1) is 12.4. The predicted molar refractivity (Wildman–Crippen MR) is 120 cm³/mol. The molecule has 2 aliphatic rings. The quantitative estimate of drug-likeness (QED) is 0.422. The van der Waals surface area contributed by atoms with Crippen LogP contribution in [0.1, 0.15) is 31.4 Å². The van der Waals surface area contributed by atoms with Crippen molar-refractivity contribution in [2.75, 3.05) is 25.1 Å². The van der Waals surface area contributed by atoms with Crippen LogP contribution < -0.4 is 10.1 Å². The van der Waals surface area contributed by atoms with E-state index >= 15 is 0 Å². The molecule has 3 nitrogen and oxygen atoms in total. The van der Waals surface area contributed by atoms with Crippen molar-refractivity contribution in [3.05, 3.63) is 23.3 Å². The average Bonchev–Trinajstić information content (AvgIpc) is 3.09. The van der Waals surface area contributed by atoms with E-state index in [1.807, 2.05) is 33.3 Å². The van der Waals surface area contributed by atoms with Crippen LogP contribution in [0, 0.1) is 5.41 Å². The topological polar surface area (TPSA) is 41.5 Å². The molecule has 26 heavy (non-hydrogen) atoms. The summed E-state index contributed by atoms with van der Waals surface area (Å²) in [7, 11) is 3.74. The predicted octanol–water partition coefficient (Wildman–Crippen LogP) is 4.27. The lowest BCUT2D eigenvalue weighted by atomic mass is 9.91. The third-order valence-electron chi connectivity index (χ3n) is 5.26. The summed E-state index contributed by atoms with van der Waals surface area (Å²) in [5.74, 6) is 2.87. The van der Waals surface area contributed by atoms with Gasteiger partial charge in [0.05, 0.1) is 0 Å². The molecule has 3 atom stereocenters. The Balaban J connectivity index is 1.52. The minimum Gasteiger partial charge on any atom is -0.487 e. The van der Waals surface area contributed by atoms with Crippen molar-refractivity contribution in [3.63, 3.8) is 0 Å². The molecule has 0 saturated carbocycles. The molecule has 0 amide bonds. The Morgan fingerprint density at radius 1 is 1.38 bits per heavy atom. The highest BCUT2D eigenvalue weighted by atomic mass is 33.1. The smallest absolute Gasteiger partial charge is 0.126 e. The fraction of sp³-hybridized carbons (Fsp3) is 0.684. The van der Waals surface area contributed by atoms with E-state index in [0.717, 1.165) is 36.6 Å². The van der Waals surface area contributed by atoms with Gasteiger partial charge in [0.25, 0.3) is 0 Å². The van der Waals surface area contributed by atoms with Gasteiger partial charge in [-0.25, -0.2) is 0 Å². The Labute approximate surface area is 175 Å². The minimum absolute atomic E-state index is 0.125. The number of fused-ring (bicyclic) bond motifs is 2. The maximum Gasteiger partial charge on any atom is 0.126 e. The Morgan fingerprint density at radius 3 is 2.92 bits per heavy atom. The van der Waals surface area contributed by atoms with Crippen LogP contribution in [0.15, 0.2) is 17.0 Å². The highest BCUT2D eigenvalue weighted by molar-refractivity contribution is 8.76. The summed E-state index contributed by atoms with van der Waals surface area (Å²) in [6.07, 6.45) is 3.39. The summed E-state index contributed by atoms with van der Waals surface area (Å²) in [6.45, 7) is 5.93. The van der Waals surface area contributed by atoms with Crippen LogP contribution in [-0.4, -0.2) is 47.7 Å². The number of hydrogen-bond acceptors (Lipinski definition) is 7. The number of thioether (sulfide) groups is 1. The zero-order chi connectivity index (χ0) is 18.7. The summed E-state index contributed by atoms with van der Waals surface area (Å²) in [5, 5.41) is 14.5. The van der Waals surface area contributed by atoms with E-state index in [1.165, 1.54) is 16.0 Å². The van der Waals surface area contributed by atoms with Gasteiger partial charge < -0.3 is 15.2 Å². The number of thiol groups is 1. The van der Waals surface area contributed by atoms with Crippen molar-refractivity contribution in [1.29, 1.82) is 0 Å². The largest absolute Gasteiger partial charge is 0.487 e. The SMILES string of the molecule is CSC(CNCC(O)C1CCc2cc3c(cc2O1)CSS3)C(C)(C)CS. The van der Waals surface area contributed by atoms with Gasteiger partial charge in [-0.05, 0) is 53.5 Å². The van der Waals surface area contributed by atoms with Gasteiger partial charge in [-0.15, -0.1) is 0 Å². The lowest BCUT2D eigenvalue weighted by Gasteiger charge is -2.33. The van der Waals surface area contributed by atoms with Crippen LogP contribution in [0.3, 0.4) is 0 Å². The molecule has 0 fully saturated rings. The number of aryl methyl sites for hydroxylation is 1. The fourth-order valence-corrected chi connectivity index (χ4v) is 7.19. The first kappa shape index (κ1) is 21.1. The number of benzene rings is 1. The molecular formula is C19H29NO2S4. The van der Waals surface area contributed by atoms with Gasteiger partial charge in [-0.2, -0.15) is 24.4 Å². The highest BCUT2D eigenvalue weighted by Gasteiger charge is 2.30. The molecule has 3 rings (SSSR count). The Hall–Kier alpha value is 0.340. The number of nitrogens with one attached hydrogen (secondary N) is 1. The van der Waals surface area contributed by atoms with E-state index in [4.69, 9.17) is 4.74 Å². The van der Waals surface area contributed by atoms with Gasteiger partial charge in [-0.1, -0.05) is 35.4 Å². The Bertz CT molecular complexity index is 626. The third-order valence-corrected chi connectivity index (χ3v) is 9.80. The number of rotatable bonds is 8. The second kappa shape index (κ2) is 9.23. The number of aliphatic hydroxyl groups excluding tert-OH is 1. The first-order valence-corrected chi connectivity index (χ1v) is 13.3. The monoisotopic (exact) mass is 431 g/mol. The van der Waals surface area contributed by atoms with E-state index < -0.39 is 6.10 Å². The van der Waals surface area contributed by atoms with Crippen molar-refractivity contribution < 1.29 is 9.84 Å². The molecule has 7 heteroatoms. The second-order valence-electron chi connectivity index (χ2n) is 7.70. The van der Waals surface area contributed by atoms with Crippen molar-refractivity contribution in [2.24, 2.45) is 5.41 Å². The van der Waals surface area contributed by atoms with Crippen molar-refractivity contribution in [3.8, 4) is 5.75 Å². The van der Waals surface area contributed by atoms with E-state index in [1.54, 1.807) is 0 Å². The average molecular weight is 432 g/mol. The lowest BCUT2D eigenvalue weighted by Crippen LogP contribution is -2.45. The normalized spacial score (nSPS) is 21.7. The van der Waals surface area contributed by atoms with Crippen LogP contribution in [0.5, 0.6) is 5.75 Å². The second-order valence-corrected chi connectivity index (χ2v) is 11.4. The molecule has 0 saturated heterocycles. The van der Waals surface area contributed by atoms with E-state index in [-0.39, 0.29) is 11.5 Å². The van der Waals surface area contributed by atoms with E-state index in [0.29, 0.717) is 11.8 Å². The summed E-state index contributed by atoms with van der Waals surface area (Å²) in [4.78, 5) is 1.38. The summed E-state index contributed by atoms with van der Waals surface area (Å²) >= 11 is 6.34. The maximum atomic E-state index is 10.6. The molecule has 0 bridgehead atoms. The third kappa shape index (κ3) is 4.84. The van der Waals surface area contributed by atoms with Gasteiger partial charge >= 0.3 is 0 Å². The van der Waals surface area contributed by atoms with Gasteiger partial charge in [0.15, 0.2) is 0 Å². The molecule has 1 aromatic carbocycles. The van der Waals surface area contributed by atoms with Gasteiger partial charge in [-0.3, -0.25) is 0 Å². The summed E-state index contributed by atoms with van der Waals surface area (Å²) < 4.78 is 6.17. The lowest BCUT2D eigenvalue weighted by molar-refractivity contribution is 0.0243. The zero-order valence-corrected chi connectivity index (χ0v) is 19.0. The molecule has 0 radical (unpaired) electrons. The van der Waals surface area contributed by atoms with Crippen LogP contribution in [-0.2, 0) is 12.2 Å². The molecular weight excluding hydrogens is 402 g/mol. The van der Waals surface area contributed by atoms with Crippen LogP contribution >= 0.6 is 46.0 Å². The highest BCUT2D eigenvalue weighted by Crippen LogP contribution is 2.47. The molecule has 0 aliphatic carbocycles. The maximum absolute atomic E-state index is 10.6. The van der Waals surface area contributed by atoms with Crippen molar-refractivity contribution >= 4 is 46.0 Å². The Kier molecular flexibility index (Phi) is 7.47. The van der Waals surface area contributed by atoms with Crippen LogP contribution in [0.4, 0.5) is 0 Å². The molecule has 0 spiro atoms. The first-order valence-electron chi connectivity index (χ1n) is 9.09. The molecule has 1 aromatic rings. The van der Waals surface area contributed by atoms with Gasteiger partial charge in [0.2, 0.25) is 0 Å². The fourth-order valence-electron chi connectivity index (χ4n) is 3.36. The van der Waals surface area contributed by atoms with E-state index in [2.05, 4.69) is 50.2 Å². The molecule has 2 N–H and O–H groups in total. The molecule has 0 aromatic heterocycles. The number of hydrogen-bond donors (Lipinski definition) is 3. The summed E-state index contributed by atoms with van der Waals surface area (Å²) in [5.41, 5.74) is 2.81. The van der Waals surface area contributed by atoms with Gasteiger partial charge in [0.1, 0.15) is 18.0 Å². The standard InChI is InChI=1S/C19H29NO2S4/c1-19(2,11-23)18(24-3)9-20-8-14(21)15-5-4-12-7-17-13(10-25-26-17)6-16(12)22-15/h6-7,14-15,18,20-21,23H,4-5,8-11H2,1-3H3. The van der Waals surface area contributed by atoms with Crippen LogP contribution in [0.2, 0.25) is 0 Å².